The predicted molar refractivity (Wildman–Crippen MR) is 94.9 cm³/mol. The zero-order valence-electron chi connectivity index (χ0n) is 14.3. The van der Waals surface area contributed by atoms with Crippen LogP contribution in [0.15, 0.2) is 28.8 Å². The number of imidazole rings is 1. The molecule has 0 fully saturated rings. The van der Waals surface area contributed by atoms with Crippen LogP contribution in [0.1, 0.15) is 13.8 Å². The van der Waals surface area contributed by atoms with Crippen molar-refractivity contribution in [2.45, 2.75) is 20.0 Å². The van der Waals surface area contributed by atoms with Crippen LogP contribution < -0.4 is 14.2 Å². The second-order valence-corrected chi connectivity index (χ2v) is 6.66. The van der Waals surface area contributed by atoms with Crippen LogP contribution in [-0.4, -0.2) is 34.9 Å². The molecule has 0 aliphatic heterocycles. The first-order valence-electron chi connectivity index (χ1n) is 7.76. The van der Waals surface area contributed by atoms with E-state index in [9.17, 15) is 0 Å². The zero-order chi connectivity index (χ0) is 17.6. The van der Waals surface area contributed by atoms with E-state index in [2.05, 4.69) is 10.1 Å². The summed E-state index contributed by atoms with van der Waals surface area (Å²) in [6.07, 6.45) is 1.86. The number of hydrogen-bond donors (Lipinski definition) is 0. The molecule has 0 N–H and O–H groups in total. The SMILES string of the molecule is COc1cc(OC(C)C)c2cc(-c3cn4nc(OC)sc4n3)oc2c1. The van der Waals surface area contributed by atoms with Crippen molar-refractivity contribution < 1.29 is 18.6 Å². The van der Waals surface area contributed by atoms with E-state index in [-0.39, 0.29) is 6.10 Å². The van der Waals surface area contributed by atoms with Gasteiger partial charge < -0.3 is 18.6 Å². The van der Waals surface area contributed by atoms with Gasteiger partial charge >= 0.3 is 0 Å². The van der Waals surface area contributed by atoms with Crippen LogP contribution in [-0.2, 0) is 0 Å². The van der Waals surface area contributed by atoms with Crippen LogP contribution in [0, 0.1) is 0 Å². The smallest absolute Gasteiger partial charge is 0.294 e. The van der Waals surface area contributed by atoms with E-state index in [0.29, 0.717) is 28.0 Å². The van der Waals surface area contributed by atoms with Gasteiger partial charge in [0.1, 0.15) is 22.8 Å². The van der Waals surface area contributed by atoms with E-state index >= 15 is 0 Å². The van der Waals surface area contributed by atoms with Crippen LogP contribution >= 0.6 is 11.3 Å². The van der Waals surface area contributed by atoms with E-state index in [1.54, 1.807) is 18.7 Å². The summed E-state index contributed by atoms with van der Waals surface area (Å²) in [7, 11) is 3.20. The van der Waals surface area contributed by atoms with Gasteiger partial charge in [0.2, 0.25) is 4.96 Å². The number of furan rings is 1. The summed E-state index contributed by atoms with van der Waals surface area (Å²) < 4.78 is 24.0. The molecule has 0 spiro atoms. The quantitative estimate of drug-likeness (QED) is 0.536. The number of aromatic nitrogens is 3. The van der Waals surface area contributed by atoms with Crippen LogP contribution in [0.25, 0.3) is 27.4 Å². The number of benzene rings is 1. The lowest BCUT2D eigenvalue weighted by molar-refractivity contribution is 0.244. The number of ether oxygens (including phenoxy) is 3. The highest BCUT2D eigenvalue weighted by Gasteiger charge is 2.17. The first-order chi connectivity index (χ1) is 12.1. The molecule has 0 aliphatic rings. The van der Waals surface area contributed by atoms with Crippen molar-refractivity contribution >= 4 is 27.3 Å². The molecular weight excluding hydrogens is 342 g/mol. The summed E-state index contributed by atoms with van der Waals surface area (Å²) >= 11 is 1.37. The van der Waals surface area contributed by atoms with E-state index in [0.717, 1.165) is 16.1 Å². The first kappa shape index (κ1) is 15.8. The molecule has 0 radical (unpaired) electrons. The van der Waals surface area contributed by atoms with Gasteiger partial charge in [0.05, 0.1) is 31.9 Å². The topological polar surface area (TPSA) is 71.0 Å². The number of nitrogens with zero attached hydrogens (tertiary/aromatic N) is 3. The van der Waals surface area contributed by atoms with E-state index in [1.165, 1.54) is 11.3 Å². The molecule has 25 heavy (non-hydrogen) atoms. The summed E-state index contributed by atoms with van der Waals surface area (Å²) in [6.45, 7) is 3.96. The van der Waals surface area contributed by atoms with Crippen molar-refractivity contribution in [2.24, 2.45) is 0 Å². The van der Waals surface area contributed by atoms with Gasteiger partial charge in [-0.15, -0.1) is 5.10 Å². The van der Waals surface area contributed by atoms with Crippen molar-refractivity contribution in [3.05, 3.63) is 24.4 Å². The maximum atomic E-state index is 5.98. The summed E-state index contributed by atoms with van der Waals surface area (Å²) in [5.41, 5.74) is 1.39. The lowest BCUT2D eigenvalue weighted by Gasteiger charge is -2.11. The number of methoxy groups -OCH3 is 2. The van der Waals surface area contributed by atoms with Crippen LogP contribution in [0.4, 0.5) is 0 Å². The van der Waals surface area contributed by atoms with Gasteiger partial charge in [0.25, 0.3) is 5.19 Å². The van der Waals surface area contributed by atoms with E-state index in [4.69, 9.17) is 18.6 Å². The molecule has 3 heterocycles. The Balaban J connectivity index is 1.82. The maximum absolute atomic E-state index is 5.98. The number of rotatable bonds is 5. The fourth-order valence-corrected chi connectivity index (χ4v) is 3.26. The number of fused-ring (bicyclic) bond motifs is 2. The molecule has 0 amide bonds. The minimum absolute atomic E-state index is 0.0447. The average molecular weight is 359 g/mol. The molecule has 8 heteroatoms. The molecule has 0 bridgehead atoms. The standard InChI is InChI=1S/C17H17N3O4S/c1-9(2)23-13-5-10(21-3)6-14-11(13)7-15(24-14)12-8-20-16(18-12)25-17(19-20)22-4/h5-9H,1-4H3. The van der Waals surface area contributed by atoms with Crippen LogP contribution in [0.2, 0.25) is 0 Å². The fourth-order valence-electron chi connectivity index (χ4n) is 2.56. The molecule has 0 unspecified atom stereocenters. The Bertz CT molecular complexity index is 1020. The minimum atomic E-state index is 0.0447. The van der Waals surface area contributed by atoms with Gasteiger partial charge in [-0.3, -0.25) is 0 Å². The lowest BCUT2D eigenvalue weighted by Crippen LogP contribution is -2.05. The average Bonchev–Trinajstić information content (AvgIpc) is 3.25. The van der Waals surface area contributed by atoms with Crippen molar-refractivity contribution in [3.8, 4) is 28.1 Å². The summed E-state index contributed by atoms with van der Waals surface area (Å²) in [6, 6.07) is 5.63. The molecule has 4 aromatic rings. The largest absolute Gasteiger partial charge is 0.496 e. The zero-order valence-corrected chi connectivity index (χ0v) is 15.1. The third-order valence-corrected chi connectivity index (χ3v) is 4.51. The van der Waals surface area contributed by atoms with Gasteiger partial charge in [0, 0.05) is 12.1 Å². The minimum Gasteiger partial charge on any atom is -0.496 e. The molecule has 0 aliphatic carbocycles. The molecule has 3 aromatic heterocycles. The Hall–Kier alpha value is -2.74. The van der Waals surface area contributed by atoms with Gasteiger partial charge in [-0.2, -0.15) is 0 Å². The third-order valence-electron chi connectivity index (χ3n) is 3.62. The summed E-state index contributed by atoms with van der Waals surface area (Å²) in [5, 5.41) is 5.73. The lowest BCUT2D eigenvalue weighted by atomic mass is 10.2. The Labute approximate surface area is 147 Å². The summed E-state index contributed by atoms with van der Waals surface area (Å²) in [5.74, 6) is 2.05. The maximum Gasteiger partial charge on any atom is 0.294 e. The Morgan fingerprint density at radius 3 is 2.68 bits per heavy atom. The van der Waals surface area contributed by atoms with Crippen LogP contribution in [0.3, 0.4) is 0 Å². The van der Waals surface area contributed by atoms with E-state index < -0.39 is 0 Å². The van der Waals surface area contributed by atoms with E-state index in [1.807, 2.05) is 38.2 Å². The second-order valence-electron chi connectivity index (χ2n) is 5.74. The highest BCUT2D eigenvalue weighted by Crippen LogP contribution is 2.37. The molecule has 1 aromatic carbocycles. The van der Waals surface area contributed by atoms with Gasteiger partial charge in [0.15, 0.2) is 5.76 Å². The van der Waals surface area contributed by atoms with Gasteiger partial charge in [-0.25, -0.2) is 9.50 Å². The Kier molecular flexibility index (Phi) is 3.76. The Morgan fingerprint density at radius 2 is 2.00 bits per heavy atom. The molecular formula is C17H17N3O4S. The van der Waals surface area contributed by atoms with Gasteiger partial charge in [-0.1, -0.05) is 0 Å². The highest BCUT2D eigenvalue weighted by atomic mass is 32.1. The first-order valence-corrected chi connectivity index (χ1v) is 8.58. The molecule has 0 saturated carbocycles. The number of hydrogen-bond acceptors (Lipinski definition) is 7. The van der Waals surface area contributed by atoms with Crippen molar-refractivity contribution in [2.75, 3.05) is 14.2 Å². The van der Waals surface area contributed by atoms with Crippen LogP contribution in [0.5, 0.6) is 16.7 Å². The predicted octanol–water partition coefficient (Wildman–Crippen LogP) is 4.01. The molecule has 4 rings (SSSR count). The normalized spacial score (nSPS) is 11.6. The second kappa shape index (κ2) is 5.96. The molecule has 7 nitrogen and oxygen atoms in total. The summed E-state index contributed by atoms with van der Waals surface area (Å²) in [4.78, 5) is 5.29. The third kappa shape index (κ3) is 2.78. The van der Waals surface area contributed by atoms with Crippen molar-refractivity contribution in [3.63, 3.8) is 0 Å². The van der Waals surface area contributed by atoms with Crippen molar-refractivity contribution in [1.29, 1.82) is 0 Å². The molecule has 130 valence electrons. The van der Waals surface area contributed by atoms with Crippen molar-refractivity contribution in [1.82, 2.24) is 14.6 Å². The molecule has 0 saturated heterocycles. The van der Waals surface area contributed by atoms with Gasteiger partial charge in [-0.05, 0) is 31.3 Å². The monoisotopic (exact) mass is 359 g/mol. The highest BCUT2D eigenvalue weighted by molar-refractivity contribution is 7.18. The fraction of sp³-hybridized carbons (Fsp3) is 0.294. The Morgan fingerprint density at radius 1 is 1.16 bits per heavy atom. The molecule has 0 atom stereocenters.